The molecule has 0 bridgehead atoms. The summed E-state index contributed by atoms with van der Waals surface area (Å²) in [6.45, 7) is 0. The summed E-state index contributed by atoms with van der Waals surface area (Å²) in [6, 6.07) is 17.0. The van der Waals surface area contributed by atoms with Gasteiger partial charge in [-0.15, -0.1) is 0 Å². The van der Waals surface area contributed by atoms with Crippen LogP contribution in [0.2, 0.25) is 0 Å². The zero-order valence-electron chi connectivity index (χ0n) is 11.2. The first-order valence-electron chi connectivity index (χ1n) is 6.28. The highest BCUT2D eigenvalue weighted by Crippen LogP contribution is 2.15. The molecule has 2 rings (SSSR count). The number of carbonyl (C=O) groups excluding carboxylic acids is 1. The van der Waals surface area contributed by atoms with Gasteiger partial charge in [0, 0.05) is 18.3 Å². The molecule has 0 fully saturated rings. The van der Waals surface area contributed by atoms with Crippen LogP contribution < -0.4 is 10.6 Å². The molecule has 4 heteroatoms. The number of hydrogen-bond acceptors (Lipinski definition) is 2. The molecule has 0 aromatic heterocycles. The second-order valence-corrected chi connectivity index (χ2v) is 4.97. The van der Waals surface area contributed by atoms with Crippen LogP contribution in [0.25, 0.3) is 0 Å². The van der Waals surface area contributed by atoms with Gasteiger partial charge < -0.3 is 10.6 Å². The Kier molecular flexibility index (Phi) is 4.48. The van der Waals surface area contributed by atoms with Crippen molar-refractivity contribution in [3.63, 3.8) is 0 Å². The number of hydrogen-bond donors (Lipinski definition) is 1. The topological polar surface area (TPSA) is 46.3 Å². The largest absolute Gasteiger partial charge is 0.389 e. The van der Waals surface area contributed by atoms with Gasteiger partial charge in [-0.1, -0.05) is 42.5 Å². The second-order valence-electron chi connectivity index (χ2n) is 4.53. The van der Waals surface area contributed by atoms with E-state index in [-0.39, 0.29) is 5.91 Å². The van der Waals surface area contributed by atoms with Gasteiger partial charge in [-0.05, 0) is 29.8 Å². The number of amides is 1. The van der Waals surface area contributed by atoms with Crippen molar-refractivity contribution in [2.45, 2.75) is 6.42 Å². The Morgan fingerprint density at radius 2 is 1.70 bits per heavy atom. The molecule has 102 valence electrons. The molecule has 0 heterocycles. The van der Waals surface area contributed by atoms with Gasteiger partial charge in [-0.3, -0.25) is 4.79 Å². The van der Waals surface area contributed by atoms with E-state index in [9.17, 15) is 4.79 Å². The Labute approximate surface area is 124 Å². The average Bonchev–Trinajstić information content (AvgIpc) is 2.47. The summed E-state index contributed by atoms with van der Waals surface area (Å²) in [5.74, 6) is 0.0410. The van der Waals surface area contributed by atoms with E-state index >= 15 is 0 Å². The van der Waals surface area contributed by atoms with E-state index in [1.54, 1.807) is 11.9 Å². The van der Waals surface area contributed by atoms with E-state index in [0.717, 1.165) is 16.8 Å². The molecule has 0 aliphatic rings. The van der Waals surface area contributed by atoms with Gasteiger partial charge in [0.25, 0.3) is 0 Å². The number of benzene rings is 2. The zero-order chi connectivity index (χ0) is 14.5. The summed E-state index contributed by atoms with van der Waals surface area (Å²) >= 11 is 4.91. The van der Waals surface area contributed by atoms with Crippen LogP contribution in [-0.2, 0) is 11.2 Å². The van der Waals surface area contributed by atoms with Crippen LogP contribution in [0, 0.1) is 0 Å². The van der Waals surface area contributed by atoms with Crippen molar-refractivity contribution in [2.24, 2.45) is 5.73 Å². The van der Waals surface area contributed by atoms with Gasteiger partial charge in [0.2, 0.25) is 5.91 Å². The fourth-order valence-electron chi connectivity index (χ4n) is 1.88. The van der Waals surface area contributed by atoms with Crippen molar-refractivity contribution in [2.75, 3.05) is 11.9 Å². The fraction of sp³-hybridized carbons (Fsp3) is 0.125. The third-order valence-electron chi connectivity index (χ3n) is 3.11. The SMILES string of the molecule is CN(C(=O)Cc1ccccc1)c1ccc(C(N)=S)cc1. The third kappa shape index (κ3) is 3.42. The third-order valence-corrected chi connectivity index (χ3v) is 3.35. The number of rotatable bonds is 4. The van der Waals surface area contributed by atoms with Crippen molar-refractivity contribution in [1.82, 2.24) is 0 Å². The highest BCUT2D eigenvalue weighted by atomic mass is 32.1. The maximum atomic E-state index is 12.2. The standard InChI is InChI=1S/C16H16N2OS/c1-18(14-9-7-13(8-10-14)16(17)20)15(19)11-12-5-3-2-4-6-12/h2-10H,11H2,1H3,(H2,17,20). The molecule has 3 nitrogen and oxygen atoms in total. The zero-order valence-corrected chi connectivity index (χ0v) is 12.1. The Morgan fingerprint density at radius 3 is 2.25 bits per heavy atom. The quantitative estimate of drug-likeness (QED) is 0.878. The predicted molar refractivity (Wildman–Crippen MR) is 85.9 cm³/mol. The summed E-state index contributed by atoms with van der Waals surface area (Å²) in [5, 5.41) is 0. The van der Waals surface area contributed by atoms with Gasteiger partial charge in [-0.25, -0.2) is 0 Å². The Bertz CT molecular complexity index is 608. The molecular weight excluding hydrogens is 268 g/mol. The van der Waals surface area contributed by atoms with Crippen molar-refractivity contribution in [1.29, 1.82) is 0 Å². The molecule has 2 aromatic carbocycles. The lowest BCUT2D eigenvalue weighted by molar-refractivity contribution is -0.117. The monoisotopic (exact) mass is 284 g/mol. The Hall–Kier alpha value is -2.20. The lowest BCUT2D eigenvalue weighted by Crippen LogP contribution is -2.27. The maximum absolute atomic E-state index is 12.2. The van der Waals surface area contributed by atoms with Crippen LogP contribution in [0.4, 0.5) is 5.69 Å². The molecule has 2 aromatic rings. The van der Waals surface area contributed by atoms with Crippen LogP contribution >= 0.6 is 12.2 Å². The molecule has 1 amide bonds. The first-order valence-corrected chi connectivity index (χ1v) is 6.69. The number of nitrogens with two attached hydrogens (primary N) is 1. The van der Waals surface area contributed by atoms with Crippen molar-refractivity contribution < 1.29 is 4.79 Å². The first-order chi connectivity index (χ1) is 9.58. The predicted octanol–water partition coefficient (Wildman–Crippen LogP) is 2.53. The minimum Gasteiger partial charge on any atom is -0.389 e. The normalized spacial score (nSPS) is 10.1. The van der Waals surface area contributed by atoms with Crippen molar-refractivity contribution in [3.8, 4) is 0 Å². The number of carbonyl (C=O) groups is 1. The van der Waals surface area contributed by atoms with Crippen LogP contribution in [0.15, 0.2) is 54.6 Å². The summed E-state index contributed by atoms with van der Waals surface area (Å²) < 4.78 is 0. The van der Waals surface area contributed by atoms with E-state index in [0.29, 0.717) is 11.4 Å². The molecule has 0 aliphatic carbocycles. The number of anilines is 1. The van der Waals surface area contributed by atoms with Crippen LogP contribution in [0.1, 0.15) is 11.1 Å². The summed E-state index contributed by atoms with van der Waals surface area (Å²) in [4.78, 5) is 14.2. The molecular formula is C16H16N2OS. The number of nitrogens with zero attached hydrogens (tertiary/aromatic N) is 1. The molecule has 0 saturated carbocycles. The second kappa shape index (κ2) is 6.30. The molecule has 0 aliphatic heterocycles. The summed E-state index contributed by atoms with van der Waals surface area (Å²) in [6.07, 6.45) is 0.383. The number of thiocarbonyl (C=S) groups is 1. The van der Waals surface area contributed by atoms with E-state index in [4.69, 9.17) is 18.0 Å². The minimum atomic E-state index is 0.0410. The average molecular weight is 284 g/mol. The maximum Gasteiger partial charge on any atom is 0.231 e. The minimum absolute atomic E-state index is 0.0410. The molecule has 0 spiro atoms. The smallest absolute Gasteiger partial charge is 0.231 e. The van der Waals surface area contributed by atoms with Crippen molar-refractivity contribution in [3.05, 3.63) is 65.7 Å². The molecule has 0 atom stereocenters. The van der Waals surface area contributed by atoms with Crippen molar-refractivity contribution >= 4 is 28.8 Å². The molecule has 2 N–H and O–H groups in total. The van der Waals surface area contributed by atoms with E-state index in [1.165, 1.54) is 0 Å². The number of likely N-dealkylation sites (N-methyl/N-ethyl adjacent to an activating group) is 1. The van der Waals surface area contributed by atoms with Gasteiger partial charge in [0.05, 0.1) is 6.42 Å². The van der Waals surface area contributed by atoms with E-state index in [2.05, 4.69) is 0 Å². The first kappa shape index (κ1) is 14.2. The lowest BCUT2D eigenvalue weighted by Gasteiger charge is -2.17. The van der Waals surface area contributed by atoms with Gasteiger partial charge >= 0.3 is 0 Å². The molecule has 20 heavy (non-hydrogen) atoms. The Morgan fingerprint density at radius 1 is 1.10 bits per heavy atom. The van der Waals surface area contributed by atoms with Crippen LogP contribution in [0.5, 0.6) is 0 Å². The van der Waals surface area contributed by atoms with Crippen LogP contribution in [-0.4, -0.2) is 17.9 Å². The highest BCUT2D eigenvalue weighted by molar-refractivity contribution is 7.80. The van der Waals surface area contributed by atoms with E-state index in [1.807, 2.05) is 54.6 Å². The lowest BCUT2D eigenvalue weighted by atomic mass is 10.1. The van der Waals surface area contributed by atoms with Crippen LogP contribution in [0.3, 0.4) is 0 Å². The summed E-state index contributed by atoms with van der Waals surface area (Å²) in [7, 11) is 1.76. The molecule has 0 saturated heterocycles. The fourth-order valence-corrected chi connectivity index (χ4v) is 2.02. The van der Waals surface area contributed by atoms with Gasteiger partial charge in [-0.2, -0.15) is 0 Å². The summed E-state index contributed by atoms with van der Waals surface area (Å²) in [5.41, 5.74) is 8.18. The highest BCUT2D eigenvalue weighted by Gasteiger charge is 2.11. The van der Waals surface area contributed by atoms with Gasteiger partial charge in [0.15, 0.2) is 0 Å². The van der Waals surface area contributed by atoms with E-state index < -0.39 is 0 Å². The molecule has 0 unspecified atom stereocenters. The Balaban J connectivity index is 2.08. The van der Waals surface area contributed by atoms with Gasteiger partial charge in [0.1, 0.15) is 4.99 Å². The molecule has 0 radical (unpaired) electrons.